The van der Waals surface area contributed by atoms with Gasteiger partial charge in [-0.3, -0.25) is 9.59 Å². The minimum absolute atomic E-state index is 0.0102. The number of pyridine rings is 1. The third-order valence-corrected chi connectivity index (χ3v) is 9.43. The van der Waals surface area contributed by atoms with Crippen LogP contribution in [0.2, 0.25) is 5.02 Å². The van der Waals surface area contributed by atoms with Gasteiger partial charge in [0.2, 0.25) is 5.78 Å². The molecule has 0 saturated carbocycles. The zero-order valence-electron chi connectivity index (χ0n) is 26.3. The average molecular weight is 720 g/mol. The molecule has 50 heavy (non-hydrogen) atoms. The lowest BCUT2D eigenvalue weighted by atomic mass is 9.83. The number of carbonyl (C=O) groups is 1. The van der Waals surface area contributed by atoms with Crippen LogP contribution >= 0.6 is 11.6 Å². The molecule has 3 aliphatic rings. The van der Waals surface area contributed by atoms with Crippen molar-refractivity contribution in [2.75, 3.05) is 31.6 Å². The van der Waals surface area contributed by atoms with Gasteiger partial charge in [0, 0.05) is 19.2 Å². The highest BCUT2D eigenvalue weighted by Crippen LogP contribution is 2.49. The van der Waals surface area contributed by atoms with Gasteiger partial charge in [-0.15, -0.1) is 5.10 Å². The van der Waals surface area contributed by atoms with Gasteiger partial charge in [-0.2, -0.15) is 22.7 Å². The van der Waals surface area contributed by atoms with Gasteiger partial charge in [-0.1, -0.05) is 17.7 Å². The summed E-state index contributed by atoms with van der Waals surface area (Å²) < 4.78 is 70.3. The second kappa shape index (κ2) is 12.6. The number of benzene rings is 1. The van der Waals surface area contributed by atoms with Crippen LogP contribution in [0, 0.1) is 0 Å². The average Bonchev–Trinajstić information content (AvgIpc) is 3.66. The first kappa shape index (κ1) is 33.9. The van der Waals surface area contributed by atoms with Gasteiger partial charge in [0.05, 0.1) is 59.9 Å². The van der Waals surface area contributed by atoms with E-state index in [1.807, 2.05) is 0 Å². The quantitative estimate of drug-likeness (QED) is 0.196. The number of piperidine rings is 1. The zero-order chi connectivity index (χ0) is 35.5. The molecule has 4 aromatic rings. The van der Waals surface area contributed by atoms with E-state index in [4.69, 9.17) is 21.1 Å². The van der Waals surface area contributed by atoms with E-state index in [1.54, 1.807) is 13.0 Å². The van der Waals surface area contributed by atoms with E-state index in [0.717, 1.165) is 22.7 Å². The Morgan fingerprint density at radius 3 is 2.76 bits per heavy atom. The van der Waals surface area contributed by atoms with E-state index in [0.29, 0.717) is 25.2 Å². The molecule has 6 heterocycles. The number of likely N-dealkylation sites (tertiary alicyclic amines) is 1. The number of alkyl halides is 4. The van der Waals surface area contributed by atoms with Crippen molar-refractivity contribution >= 4 is 34.5 Å². The molecule has 3 N–H and O–H groups in total. The number of aromatic nitrogens is 5. The molecule has 7 rings (SSSR count). The van der Waals surface area contributed by atoms with Crippen molar-refractivity contribution in [2.45, 2.75) is 56.6 Å². The molecule has 1 saturated heterocycles. The number of nitrogens with one attached hydrogen (secondary N) is 1. The molecule has 1 unspecified atom stereocenters. The number of halogens is 5. The Kier molecular flexibility index (Phi) is 8.56. The second-order valence-corrected chi connectivity index (χ2v) is 12.6. The number of hydrogen-bond acceptors (Lipinski definition) is 10. The molecule has 1 amide bonds. The molecule has 13 nitrogen and oxygen atoms in total. The Morgan fingerprint density at radius 1 is 1.28 bits per heavy atom. The number of hydrogen-bond donors (Lipinski definition) is 3. The number of carbonyl (C=O) groups excluding carboxylic acids is 1. The summed E-state index contributed by atoms with van der Waals surface area (Å²) in [6.07, 6.45) is -5.52. The molecule has 1 aromatic carbocycles. The molecule has 1 fully saturated rings. The first-order valence-corrected chi connectivity index (χ1v) is 16.0. The van der Waals surface area contributed by atoms with Crippen LogP contribution in [0.15, 0.2) is 47.4 Å². The van der Waals surface area contributed by atoms with Crippen LogP contribution in [-0.4, -0.2) is 83.9 Å². The van der Waals surface area contributed by atoms with Crippen molar-refractivity contribution in [3.63, 3.8) is 0 Å². The Morgan fingerprint density at radius 2 is 2.08 bits per heavy atom. The van der Waals surface area contributed by atoms with E-state index in [-0.39, 0.29) is 64.5 Å². The van der Waals surface area contributed by atoms with Crippen LogP contribution in [0.25, 0.3) is 11.4 Å². The van der Waals surface area contributed by atoms with Crippen molar-refractivity contribution in [2.24, 2.45) is 0 Å². The molecule has 0 bridgehead atoms. The number of rotatable bonds is 6. The molecule has 1 spiro atoms. The van der Waals surface area contributed by atoms with E-state index in [1.165, 1.54) is 27.8 Å². The highest BCUT2D eigenvalue weighted by atomic mass is 35.5. The molecule has 18 heteroatoms. The maximum atomic E-state index is 16.6. The fraction of sp³-hybridized carbons (Fsp3) is 0.406. The minimum atomic E-state index is -4.63. The summed E-state index contributed by atoms with van der Waals surface area (Å²) in [4.78, 5) is 37.2. The van der Waals surface area contributed by atoms with Crippen LogP contribution in [-0.2, 0) is 27.8 Å². The molecule has 264 valence electrons. The Balaban J connectivity index is 1.28. The lowest BCUT2D eigenvalue weighted by Crippen LogP contribution is -2.55. The maximum Gasteiger partial charge on any atom is 0.416 e. The number of aliphatic hydroxyl groups excluding tert-OH is 1. The van der Waals surface area contributed by atoms with Crippen LogP contribution in [0.5, 0.6) is 5.75 Å². The molecule has 4 atom stereocenters. The van der Waals surface area contributed by atoms with Gasteiger partial charge in [0.15, 0.2) is 17.7 Å². The van der Waals surface area contributed by atoms with Crippen LogP contribution in [0.4, 0.5) is 23.2 Å². The first-order valence-electron chi connectivity index (χ1n) is 15.7. The number of amides is 1. The molecule has 0 aliphatic carbocycles. The van der Waals surface area contributed by atoms with E-state index < -0.39 is 53.9 Å². The standard InChI is InChI=1S/C32H30ClF4N7O6/c1-16-26-24(31(50-16)8-10-42(14-22(31)34)29(48)25-21(45)3-2-9-38-25)28(47)44-30(40-27(41-44)17-6-11-49-12-7-17)43(26)15-23(46)39-20-5-4-18(13-19(20)33)32(35,36)37/h2-6,9,13,16,22-23,39,45-46H,7-8,10-12,14-15H2,1H3/t16-,22-,23?,31+/m0/s1. The fourth-order valence-electron chi connectivity index (χ4n) is 6.78. The summed E-state index contributed by atoms with van der Waals surface area (Å²) in [5.74, 6) is -0.815. The summed E-state index contributed by atoms with van der Waals surface area (Å²) >= 11 is 6.13. The van der Waals surface area contributed by atoms with Crippen LogP contribution in [0.3, 0.4) is 0 Å². The third-order valence-electron chi connectivity index (χ3n) is 9.12. The molecular weight excluding hydrogens is 690 g/mol. The predicted octanol–water partition coefficient (Wildman–Crippen LogP) is 4.07. The fourth-order valence-corrected chi connectivity index (χ4v) is 7.01. The van der Waals surface area contributed by atoms with Gasteiger partial charge < -0.3 is 34.5 Å². The minimum Gasteiger partial charge on any atom is -0.505 e. The smallest absolute Gasteiger partial charge is 0.416 e. The third kappa shape index (κ3) is 5.76. The number of anilines is 1. The molecule has 3 aliphatic heterocycles. The van der Waals surface area contributed by atoms with Crippen molar-refractivity contribution in [3.8, 4) is 5.75 Å². The van der Waals surface area contributed by atoms with E-state index >= 15 is 4.39 Å². The SMILES string of the molecule is C[C@@H]1O[C@@]2(CCN(C(=O)c3ncccc3O)C[C@@H]2F)c2c1n(CC(O)Nc1ccc(C(F)(F)F)cc1Cl)c1nc(C3=CCOCC3)nn1c2=O. The van der Waals surface area contributed by atoms with Crippen LogP contribution in [0.1, 0.15) is 59.0 Å². The van der Waals surface area contributed by atoms with E-state index in [9.17, 15) is 33.0 Å². The van der Waals surface area contributed by atoms with Crippen molar-refractivity contribution < 1.29 is 42.0 Å². The lowest BCUT2D eigenvalue weighted by Gasteiger charge is -2.41. The zero-order valence-corrected chi connectivity index (χ0v) is 27.1. The Hall–Kier alpha value is -4.58. The summed E-state index contributed by atoms with van der Waals surface area (Å²) in [5, 5.41) is 28.3. The number of fused-ring (bicyclic) bond motifs is 3. The maximum absolute atomic E-state index is 16.6. The highest BCUT2D eigenvalue weighted by molar-refractivity contribution is 6.33. The summed E-state index contributed by atoms with van der Waals surface area (Å²) in [5.41, 5.74) is -2.84. The van der Waals surface area contributed by atoms with Crippen molar-refractivity contribution in [1.82, 2.24) is 29.0 Å². The van der Waals surface area contributed by atoms with E-state index in [2.05, 4.69) is 20.4 Å². The Labute approximate surface area is 285 Å². The van der Waals surface area contributed by atoms with Gasteiger partial charge in [-0.05, 0) is 49.2 Å². The second-order valence-electron chi connectivity index (χ2n) is 12.2. The highest BCUT2D eigenvalue weighted by Gasteiger charge is 2.56. The normalized spacial score (nSPS) is 22.9. The largest absolute Gasteiger partial charge is 0.505 e. The summed E-state index contributed by atoms with van der Waals surface area (Å²) in [6, 6.07) is 5.37. The molecule has 0 radical (unpaired) electrons. The number of aliphatic hydroxyl groups is 1. The predicted molar refractivity (Wildman–Crippen MR) is 169 cm³/mol. The van der Waals surface area contributed by atoms with Gasteiger partial charge in [-0.25, -0.2) is 9.37 Å². The topological polar surface area (TPSA) is 156 Å². The van der Waals surface area contributed by atoms with Crippen molar-refractivity contribution in [1.29, 1.82) is 0 Å². The monoisotopic (exact) mass is 719 g/mol. The van der Waals surface area contributed by atoms with Gasteiger partial charge in [0.1, 0.15) is 17.6 Å². The molecule has 3 aromatic heterocycles. The Bertz CT molecular complexity index is 2090. The molecular formula is C32H30ClF4N7O6. The first-order chi connectivity index (χ1) is 23.8. The van der Waals surface area contributed by atoms with Gasteiger partial charge in [0.25, 0.3) is 11.5 Å². The number of ether oxygens (including phenoxy) is 2. The number of nitrogens with zero attached hydrogens (tertiary/aromatic N) is 6. The summed E-state index contributed by atoms with van der Waals surface area (Å²) in [7, 11) is 0. The van der Waals surface area contributed by atoms with Crippen LogP contribution < -0.4 is 10.9 Å². The summed E-state index contributed by atoms with van der Waals surface area (Å²) in [6.45, 7) is 1.46. The van der Waals surface area contributed by atoms with Gasteiger partial charge >= 0.3 is 6.18 Å². The lowest BCUT2D eigenvalue weighted by molar-refractivity contribution is -0.143. The number of aromatic hydroxyl groups is 1. The van der Waals surface area contributed by atoms with Crippen molar-refractivity contribution in [3.05, 3.63) is 86.3 Å².